The van der Waals surface area contributed by atoms with E-state index >= 15 is 0 Å². The van der Waals surface area contributed by atoms with Gasteiger partial charge in [0.25, 0.3) is 5.91 Å². The summed E-state index contributed by atoms with van der Waals surface area (Å²) in [7, 11) is 0. The Balaban J connectivity index is 1.43. The van der Waals surface area contributed by atoms with Crippen LogP contribution in [0.3, 0.4) is 0 Å². The van der Waals surface area contributed by atoms with E-state index in [4.69, 9.17) is 11.0 Å². The fourth-order valence-electron chi connectivity index (χ4n) is 3.18. The molecule has 146 valence electrons. The topological polar surface area (TPSA) is 100.0 Å². The minimum Gasteiger partial charge on any atom is -0.382 e. The third-order valence-electron chi connectivity index (χ3n) is 4.80. The summed E-state index contributed by atoms with van der Waals surface area (Å²) in [4.78, 5) is 14.9. The summed E-state index contributed by atoms with van der Waals surface area (Å²) in [6.07, 6.45) is 1.42. The fraction of sp³-hybridized carbons (Fsp3) is 0.190. The zero-order valence-electron chi connectivity index (χ0n) is 15.7. The second-order valence-electron chi connectivity index (χ2n) is 6.61. The van der Waals surface area contributed by atoms with E-state index in [1.807, 2.05) is 42.1 Å². The maximum Gasteiger partial charge on any atom is 0.255 e. The predicted octanol–water partition coefficient (Wildman–Crippen LogP) is 3.13. The third-order valence-corrected chi connectivity index (χ3v) is 5.74. The Morgan fingerprint density at radius 1 is 1.07 bits per heavy atom. The largest absolute Gasteiger partial charge is 0.382 e. The van der Waals surface area contributed by atoms with Gasteiger partial charge in [0.2, 0.25) is 0 Å². The van der Waals surface area contributed by atoms with Crippen LogP contribution in [0.15, 0.2) is 54.7 Å². The number of carbonyl (C=O) groups excluding carboxylic acids is 1. The molecule has 1 aliphatic rings. The molecule has 7 nitrogen and oxygen atoms in total. The number of nitrogens with two attached hydrogens (primary N) is 1. The first kappa shape index (κ1) is 18.9. The van der Waals surface area contributed by atoms with E-state index < -0.39 is 0 Å². The summed E-state index contributed by atoms with van der Waals surface area (Å²) in [5.74, 6) is 2.38. The molecule has 0 radical (unpaired) electrons. The van der Waals surface area contributed by atoms with Crippen molar-refractivity contribution in [2.45, 2.75) is 0 Å². The van der Waals surface area contributed by atoms with E-state index in [2.05, 4.69) is 15.3 Å². The fourth-order valence-corrected chi connectivity index (χ4v) is 4.09. The number of carbonyl (C=O) groups is 1. The molecular formula is C21H20N6OS. The van der Waals surface area contributed by atoms with E-state index in [0.29, 0.717) is 16.8 Å². The summed E-state index contributed by atoms with van der Waals surface area (Å²) in [6, 6.07) is 16.8. The van der Waals surface area contributed by atoms with Crippen molar-refractivity contribution < 1.29 is 4.79 Å². The Morgan fingerprint density at radius 2 is 1.72 bits per heavy atom. The molecule has 0 bridgehead atoms. The normalized spacial score (nSPS) is 13.7. The molecule has 0 aliphatic carbocycles. The Bertz CT molecular complexity index is 1050. The van der Waals surface area contributed by atoms with Gasteiger partial charge in [0.05, 0.1) is 11.9 Å². The molecule has 3 aromatic rings. The predicted molar refractivity (Wildman–Crippen MR) is 117 cm³/mol. The average Bonchev–Trinajstić information content (AvgIpc) is 3.15. The van der Waals surface area contributed by atoms with Gasteiger partial charge in [-0.3, -0.25) is 4.79 Å². The quantitative estimate of drug-likeness (QED) is 0.693. The summed E-state index contributed by atoms with van der Waals surface area (Å²) in [6.45, 7) is 2.11. The van der Waals surface area contributed by atoms with Crippen molar-refractivity contribution in [3.05, 3.63) is 65.9 Å². The molecule has 1 saturated heterocycles. The monoisotopic (exact) mass is 404 g/mol. The molecule has 3 N–H and O–H groups in total. The molecule has 8 heteroatoms. The SMILES string of the molecule is N#Cc1cnn(-c2ccc(C(=O)Nc3ccc(N4CCSCC4)cc3)cc2)c1N. The smallest absolute Gasteiger partial charge is 0.255 e. The highest BCUT2D eigenvalue weighted by Crippen LogP contribution is 2.22. The van der Waals surface area contributed by atoms with E-state index in [0.717, 1.165) is 30.3 Å². The third kappa shape index (κ3) is 4.05. The number of nitrogen functional groups attached to an aromatic ring is 1. The average molecular weight is 404 g/mol. The minimum atomic E-state index is -0.190. The number of rotatable bonds is 4. The van der Waals surface area contributed by atoms with Crippen molar-refractivity contribution in [1.82, 2.24) is 9.78 Å². The number of amides is 1. The molecule has 0 unspecified atom stereocenters. The maximum absolute atomic E-state index is 12.6. The molecule has 0 spiro atoms. The minimum absolute atomic E-state index is 0.190. The van der Waals surface area contributed by atoms with Crippen molar-refractivity contribution in [2.24, 2.45) is 0 Å². The van der Waals surface area contributed by atoms with Crippen molar-refractivity contribution in [1.29, 1.82) is 5.26 Å². The molecule has 1 aromatic heterocycles. The van der Waals surface area contributed by atoms with Crippen LogP contribution < -0.4 is 16.0 Å². The van der Waals surface area contributed by atoms with Gasteiger partial charge in [0.1, 0.15) is 17.5 Å². The van der Waals surface area contributed by atoms with Crippen LogP contribution in [0.5, 0.6) is 0 Å². The van der Waals surface area contributed by atoms with Gasteiger partial charge in [-0.2, -0.15) is 22.1 Å². The van der Waals surface area contributed by atoms with E-state index in [9.17, 15) is 4.79 Å². The number of nitriles is 1. The van der Waals surface area contributed by atoms with Gasteiger partial charge >= 0.3 is 0 Å². The van der Waals surface area contributed by atoms with Crippen LogP contribution in [0.4, 0.5) is 17.2 Å². The Morgan fingerprint density at radius 3 is 2.34 bits per heavy atom. The number of benzene rings is 2. The summed E-state index contributed by atoms with van der Waals surface area (Å²) in [5.41, 5.74) is 9.37. The highest BCUT2D eigenvalue weighted by atomic mass is 32.2. The van der Waals surface area contributed by atoms with Crippen LogP contribution in [0.1, 0.15) is 15.9 Å². The number of hydrogen-bond acceptors (Lipinski definition) is 6. The lowest BCUT2D eigenvalue weighted by molar-refractivity contribution is 0.102. The lowest BCUT2D eigenvalue weighted by atomic mass is 10.2. The van der Waals surface area contributed by atoms with Gasteiger partial charge in [-0.1, -0.05) is 0 Å². The van der Waals surface area contributed by atoms with E-state index in [1.165, 1.54) is 16.6 Å². The lowest BCUT2D eigenvalue weighted by Crippen LogP contribution is -2.32. The highest BCUT2D eigenvalue weighted by Gasteiger charge is 2.13. The highest BCUT2D eigenvalue weighted by molar-refractivity contribution is 7.99. The van der Waals surface area contributed by atoms with E-state index in [-0.39, 0.29) is 11.7 Å². The second kappa shape index (κ2) is 8.29. The van der Waals surface area contributed by atoms with Gasteiger partial charge in [-0.25, -0.2) is 4.68 Å². The van der Waals surface area contributed by atoms with Gasteiger partial charge in [-0.15, -0.1) is 0 Å². The summed E-state index contributed by atoms with van der Waals surface area (Å²) < 4.78 is 1.47. The lowest BCUT2D eigenvalue weighted by Gasteiger charge is -2.28. The molecule has 0 atom stereocenters. The van der Waals surface area contributed by atoms with Crippen molar-refractivity contribution >= 4 is 34.9 Å². The number of aromatic nitrogens is 2. The Kier molecular flexibility index (Phi) is 5.40. The van der Waals surface area contributed by atoms with Crippen LogP contribution in [0, 0.1) is 11.3 Å². The van der Waals surface area contributed by atoms with Crippen LogP contribution in [-0.4, -0.2) is 40.3 Å². The molecule has 1 aliphatic heterocycles. The first-order valence-electron chi connectivity index (χ1n) is 9.24. The Hall–Kier alpha value is -3.44. The number of nitrogens with one attached hydrogen (secondary N) is 1. The summed E-state index contributed by atoms with van der Waals surface area (Å²) >= 11 is 1.98. The Labute approximate surface area is 173 Å². The molecule has 2 heterocycles. The number of thioether (sulfide) groups is 1. The van der Waals surface area contributed by atoms with Crippen LogP contribution >= 0.6 is 11.8 Å². The maximum atomic E-state index is 12.6. The molecule has 1 fully saturated rings. The van der Waals surface area contributed by atoms with Crippen molar-refractivity contribution in [3.8, 4) is 11.8 Å². The van der Waals surface area contributed by atoms with Crippen molar-refractivity contribution in [3.63, 3.8) is 0 Å². The zero-order valence-corrected chi connectivity index (χ0v) is 16.5. The number of anilines is 3. The van der Waals surface area contributed by atoms with Gasteiger partial charge in [0.15, 0.2) is 0 Å². The molecule has 1 amide bonds. The molecule has 0 saturated carbocycles. The first-order valence-corrected chi connectivity index (χ1v) is 10.4. The van der Waals surface area contributed by atoms with E-state index in [1.54, 1.807) is 24.3 Å². The standard InChI is InChI=1S/C21H20N6OS/c22-13-16-14-24-27(20(16)23)19-5-1-15(2-6-19)21(28)25-17-3-7-18(8-4-17)26-9-11-29-12-10-26/h1-8,14H,9-12,23H2,(H,25,28). The molecular weight excluding hydrogens is 384 g/mol. The second-order valence-corrected chi connectivity index (χ2v) is 7.84. The van der Waals surface area contributed by atoms with Gasteiger partial charge < -0.3 is 16.0 Å². The van der Waals surface area contributed by atoms with Crippen LogP contribution in [0.2, 0.25) is 0 Å². The van der Waals surface area contributed by atoms with Gasteiger partial charge in [0, 0.05) is 41.5 Å². The van der Waals surface area contributed by atoms with Gasteiger partial charge in [-0.05, 0) is 48.5 Å². The van der Waals surface area contributed by atoms with Crippen molar-refractivity contribution in [2.75, 3.05) is 40.5 Å². The summed E-state index contributed by atoms with van der Waals surface area (Å²) in [5, 5.41) is 16.0. The molecule has 2 aromatic carbocycles. The number of hydrogen-bond donors (Lipinski definition) is 2. The zero-order chi connectivity index (χ0) is 20.2. The van der Waals surface area contributed by atoms with Crippen LogP contribution in [0.25, 0.3) is 5.69 Å². The van der Waals surface area contributed by atoms with Crippen LogP contribution in [-0.2, 0) is 0 Å². The molecule has 29 heavy (non-hydrogen) atoms. The molecule has 4 rings (SSSR count). The number of nitrogens with zero attached hydrogens (tertiary/aromatic N) is 4. The first-order chi connectivity index (χ1) is 14.2.